The van der Waals surface area contributed by atoms with Crippen LogP contribution in [-0.2, 0) is 0 Å². The standard InChI is InChI=1S/C28H32N4O2/c1-34-22-10-8-21(9-11-22)31-12-14-32(15-13-31)27-18-24(23-4-2-3-5-25(23)29-27)28(33)30-26-17-19-6-7-20(26)16-19/h2-5,8-11,18-20,26H,6-7,12-17H2,1H3,(H,30,33)/t19-,20+,26-/m0/s1. The lowest BCUT2D eigenvalue weighted by molar-refractivity contribution is 0.0924. The molecule has 3 atom stereocenters. The zero-order valence-electron chi connectivity index (χ0n) is 19.7. The molecule has 1 aliphatic heterocycles. The van der Waals surface area contributed by atoms with Gasteiger partial charge in [0.05, 0.1) is 18.2 Å². The summed E-state index contributed by atoms with van der Waals surface area (Å²) in [4.78, 5) is 23.1. The number of rotatable bonds is 5. The molecular formula is C28H32N4O2. The Morgan fingerprint density at radius 3 is 2.44 bits per heavy atom. The van der Waals surface area contributed by atoms with Crippen LogP contribution in [-0.4, -0.2) is 50.2 Å². The van der Waals surface area contributed by atoms with E-state index in [1.54, 1.807) is 7.11 Å². The third-order valence-corrected chi connectivity index (χ3v) is 8.04. The van der Waals surface area contributed by atoms with E-state index in [4.69, 9.17) is 9.72 Å². The fraction of sp³-hybridized carbons (Fsp3) is 0.429. The second kappa shape index (κ2) is 8.82. The highest BCUT2D eigenvalue weighted by Gasteiger charge is 2.40. The zero-order valence-corrected chi connectivity index (χ0v) is 19.7. The lowest BCUT2D eigenvalue weighted by Crippen LogP contribution is -2.47. The summed E-state index contributed by atoms with van der Waals surface area (Å²) in [6.07, 6.45) is 5.02. The van der Waals surface area contributed by atoms with Crippen LogP contribution < -0.4 is 19.9 Å². The number of carbonyl (C=O) groups is 1. The highest BCUT2D eigenvalue weighted by atomic mass is 16.5. The molecule has 6 heteroatoms. The van der Waals surface area contributed by atoms with Gasteiger partial charge in [0.1, 0.15) is 11.6 Å². The van der Waals surface area contributed by atoms with Crippen LogP contribution in [0, 0.1) is 11.8 Å². The Hall–Kier alpha value is -3.28. The number of anilines is 2. The van der Waals surface area contributed by atoms with Gasteiger partial charge in [-0.1, -0.05) is 24.6 Å². The van der Waals surface area contributed by atoms with E-state index in [1.165, 1.54) is 24.9 Å². The number of ether oxygens (including phenoxy) is 1. The molecule has 3 fully saturated rings. The average molecular weight is 457 g/mol. The number of nitrogens with zero attached hydrogens (tertiary/aromatic N) is 3. The van der Waals surface area contributed by atoms with Gasteiger partial charge in [-0.2, -0.15) is 0 Å². The van der Waals surface area contributed by atoms with E-state index < -0.39 is 0 Å². The monoisotopic (exact) mass is 456 g/mol. The molecule has 1 N–H and O–H groups in total. The van der Waals surface area contributed by atoms with Gasteiger partial charge >= 0.3 is 0 Å². The molecule has 2 bridgehead atoms. The van der Waals surface area contributed by atoms with Gasteiger partial charge < -0.3 is 19.9 Å². The van der Waals surface area contributed by atoms with Crippen LogP contribution in [0.25, 0.3) is 10.9 Å². The average Bonchev–Trinajstić information content (AvgIpc) is 3.52. The first-order valence-corrected chi connectivity index (χ1v) is 12.5. The maximum absolute atomic E-state index is 13.4. The number of piperazine rings is 1. The van der Waals surface area contributed by atoms with Gasteiger partial charge in [-0.05, 0) is 67.5 Å². The van der Waals surface area contributed by atoms with Crippen molar-refractivity contribution in [2.45, 2.75) is 31.7 Å². The summed E-state index contributed by atoms with van der Waals surface area (Å²) < 4.78 is 5.29. The zero-order chi connectivity index (χ0) is 23.1. The smallest absolute Gasteiger partial charge is 0.252 e. The van der Waals surface area contributed by atoms with Gasteiger partial charge in [0.15, 0.2) is 0 Å². The highest BCUT2D eigenvalue weighted by Crippen LogP contribution is 2.44. The summed E-state index contributed by atoms with van der Waals surface area (Å²) in [5.41, 5.74) is 2.84. The maximum Gasteiger partial charge on any atom is 0.252 e. The summed E-state index contributed by atoms with van der Waals surface area (Å²) in [6.45, 7) is 3.55. The largest absolute Gasteiger partial charge is 0.497 e. The lowest BCUT2D eigenvalue weighted by Gasteiger charge is -2.37. The molecule has 1 saturated heterocycles. The van der Waals surface area contributed by atoms with Crippen molar-refractivity contribution < 1.29 is 9.53 Å². The van der Waals surface area contributed by atoms with E-state index in [9.17, 15) is 4.79 Å². The van der Waals surface area contributed by atoms with Gasteiger partial charge in [0.25, 0.3) is 5.91 Å². The molecule has 1 amide bonds. The molecule has 0 radical (unpaired) electrons. The van der Waals surface area contributed by atoms with Crippen LogP contribution in [0.3, 0.4) is 0 Å². The first kappa shape index (κ1) is 21.3. The molecule has 2 aliphatic carbocycles. The first-order valence-electron chi connectivity index (χ1n) is 12.5. The highest BCUT2D eigenvalue weighted by molar-refractivity contribution is 6.07. The predicted molar refractivity (Wildman–Crippen MR) is 136 cm³/mol. The fourth-order valence-corrected chi connectivity index (χ4v) is 6.17. The van der Waals surface area contributed by atoms with E-state index in [2.05, 4.69) is 27.2 Å². The Morgan fingerprint density at radius 1 is 0.971 bits per heavy atom. The van der Waals surface area contributed by atoms with Crippen molar-refractivity contribution in [2.75, 3.05) is 43.1 Å². The van der Waals surface area contributed by atoms with Crippen molar-refractivity contribution in [2.24, 2.45) is 11.8 Å². The van der Waals surface area contributed by atoms with Crippen molar-refractivity contribution >= 4 is 28.3 Å². The number of hydrogen-bond acceptors (Lipinski definition) is 5. The maximum atomic E-state index is 13.4. The molecule has 2 saturated carbocycles. The summed E-state index contributed by atoms with van der Waals surface area (Å²) in [5.74, 6) is 3.29. The van der Waals surface area contributed by atoms with E-state index in [1.807, 2.05) is 42.5 Å². The van der Waals surface area contributed by atoms with Gasteiger partial charge in [0, 0.05) is 43.3 Å². The van der Waals surface area contributed by atoms with Crippen LogP contribution in [0.4, 0.5) is 11.5 Å². The Bertz CT molecular complexity index is 1190. The Morgan fingerprint density at radius 2 is 1.74 bits per heavy atom. The van der Waals surface area contributed by atoms with Crippen LogP contribution in [0.1, 0.15) is 36.0 Å². The third kappa shape index (κ3) is 3.95. The number of para-hydroxylation sites is 1. The minimum Gasteiger partial charge on any atom is -0.497 e. The molecule has 0 unspecified atom stereocenters. The predicted octanol–water partition coefficient (Wildman–Crippen LogP) is 4.49. The number of aromatic nitrogens is 1. The quantitative estimate of drug-likeness (QED) is 0.613. The van der Waals surface area contributed by atoms with Crippen molar-refractivity contribution in [1.82, 2.24) is 10.3 Å². The normalized spacial score (nSPS) is 24.0. The van der Waals surface area contributed by atoms with Crippen LogP contribution in [0.5, 0.6) is 5.75 Å². The van der Waals surface area contributed by atoms with Crippen molar-refractivity contribution in [1.29, 1.82) is 0 Å². The minimum atomic E-state index is 0.0502. The molecule has 0 spiro atoms. The second-order valence-electron chi connectivity index (χ2n) is 9.97. The van der Waals surface area contributed by atoms with Crippen molar-refractivity contribution in [3.63, 3.8) is 0 Å². The van der Waals surface area contributed by atoms with Crippen molar-refractivity contribution in [3.8, 4) is 5.75 Å². The Balaban J connectivity index is 1.21. The Kier molecular flexibility index (Phi) is 5.52. The number of carbonyl (C=O) groups excluding carboxylic acids is 1. The number of fused-ring (bicyclic) bond motifs is 3. The Labute approximate surface area is 200 Å². The lowest BCUT2D eigenvalue weighted by atomic mass is 9.95. The summed E-state index contributed by atoms with van der Waals surface area (Å²) in [7, 11) is 1.69. The summed E-state index contributed by atoms with van der Waals surface area (Å²) in [6, 6.07) is 18.6. The molecule has 3 aliphatic rings. The third-order valence-electron chi connectivity index (χ3n) is 8.04. The van der Waals surface area contributed by atoms with Gasteiger partial charge in [-0.25, -0.2) is 4.98 Å². The number of methoxy groups -OCH3 is 1. The summed E-state index contributed by atoms with van der Waals surface area (Å²) in [5, 5.41) is 4.32. The number of amides is 1. The topological polar surface area (TPSA) is 57.7 Å². The number of benzene rings is 2. The van der Waals surface area contributed by atoms with E-state index in [-0.39, 0.29) is 5.91 Å². The summed E-state index contributed by atoms with van der Waals surface area (Å²) >= 11 is 0. The van der Waals surface area contributed by atoms with Gasteiger partial charge in [-0.15, -0.1) is 0 Å². The number of hydrogen-bond donors (Lipinski definition) is 1. The van der Waals surface area contributed by atoms with E-state index in [0.29, 0.717) is 12.0 Å². The molecule has 2 aromatic carbocycles. The van der Waals surface area contributed by atoms with E-state index >= 15 is 0 Å². The molecule has 6 rings (SSSR count). The fourth-order valence-electron chi connectivity index (χ4n) is 6.17. The number of pyridine rings is 1. The molecule has 1 aromatic heterocycles. The second-order valence-corrected chi connectivity index (χ2v) is 9.97. The van der Waals surface area contributed by atoms with Crippen LogP contribution >= 0.6 is 0 Å². The van der Waals surface area contributed by atoms with Gasteiger partial charge in [-0.3, -0.25) is 4.79 Å². The molecule has 34 heavy (non-hydrogen) atoms. The SMILES string of the molecule is COc1ccc(N2CCN(c3cc(C(=O)N[C@H]4C[C@H]5CC[C@@H]4C5)c4ccccc4n3)CC2)cc1. The van der Waals surface area contributed by atoms with Crippen LogP contribution in [0.2, 0.25) is 0 Å². The molecule has 2 heterocycles. The molecule has 176 valence electrons. The van der Waals surface area contributed by atoms with Crippen molar-refractivity contribution in [3.05, 3.63) is 60.2 Å². The molecule has 3 aromatic rings. The van der Waals surface area contributed by atoms with E-state index in [0.717, 1.165) is 66.6 Å². The van der Waals surface area contributed by atoms with Gasteiger partial charge in [0.2, 0.25) is 0 Å². The minimum absolute atomic E-state index is 0.0502. The van der Waals surface area contributed by atoms with Crippen LogP contribution in [0.15, 0.2) is 54.6 Å². The molecule has 6 nitrogen and oxygen atoms in total. The first-order chi connectivity index (χ1) is 16.7. The number of nitrogens with one attached hydrogen (secondary N) is 1. The molecular weight excluding hydrogens is 424 g/mol.